The predicted molar refractivity (Wildman–Crippen MR) is 71.5 cm³/mol. The first-order valence-electron chi connectivity index (χ1n) is 7.41. The molecule has 0 aromatic heterocycles. The zero-order valence-electron chi connectivity index (χ0n) is 11.2. The van der Waals surface area contributed by atoms with Crippen molar-refractivity contribution in [1.29, 1.82) is 0 Å². The van der Waals surface area contributed by atoms with Crippen molar-refractivity contribution in [3.05, 3.63) is 11.6 Å². The van der Waals surface area contributed by atoms with Gasteiger partial charge in [0.25, 0.3) is 0 Å². The first-order chi connectivity index (χ1) is 7.72. The molecule has 2 rings (SSSR count). The Balaban J connectivity index is 2.05. The van der Waals surface area contributed by atoms with Gasteiger partial charge < -0.3 is 0 Å². The van der Waals surface area contributed by atoms with Crippen LogP contribution in [0, 0.1) is 11.3 Å². The van der Waals surface area contributed by atoms with Crippen LogP contribution in [0.3, 0.4) is 0 Å². The second-order valence-corrected chi connectivity index (χ2v) is 6.41. The van der Waals surface area contributed by atoms with Gasteiger partial charge in [-0.25, -0.2) is 0 Å². The van der Waals surface area contributed by atoms with Gasteiger partial charge in [-0.1, -0.05) is 51.2 Å². The van der Waals surface area contributed by atoms with Crippen LogP contribution in [0.1, 0.15) is 78.1 Å². The minimum Gasteiger partial charge on any atom is -0.0845 e. The summed E-state index contributed by atoms with van der Waals surface area (Å²) in [6.07, 6.45) is 17.3. The van der Waals surface area contributed by atoms with Gasteiger partial charge in [-0.3, -0.25) is 0 Å². The predicted octanol–water partition coefficient (Wildman–Crippen LogP) is 5.48. The van der Waals surface area contributed by atoms with Gasteiger partial charge in [0.2, 0.25) is 0 Å². The van der Waals surface area contributed by atoms with Gasteiger partial charge in [0.1, 0.15) is 0 Å². The van der Waals surface area contributed by atoms with Crippen LogP contribution in [0.25, 0.3) is 0 Å². The molecule has 0 atom stereocenters. The van der Waals surface area contributed by atoms with Crippen molar-refractivity contribution in [3.63, 3.8) is 0 Å². The Labute approximate surface area is 102 Å². The van der Waals surface area contributed by atoms with E-state index in [1.807, 2.05) is 0 Å². The molecule has 0 aromatic rings. The normalized spacial score (nSPS) is 26.3. The van der Waals surface area contributed by atoms with Gasteiger partial charge in [-0.15, -0.1) is 0 Å². The van der Waals surface area contributed by atoms with E-state index in [0.717, 1.165) is 5.92 Å². The molecule has 92 valence electrons. The second-order valence-electron chi connectivity index (χ2n) is 6.41. The third kappa shape index (κ3) is 2.90. The quantitative estimate of drug-likeness (QED) is 0.513. The van der Waals surface area contributed by atoms with E-state index in [2.05, 4.69) is 19.9 Å². The van der Waals surface area contributed by atoms with Crippen LogP contribution < -0.4 is 0 Å². The van der Waals surface area contributed by atoms with Crippen LogP contribution in [0.4, 0.5) is 0 Å². The average molecular weight is 220 g/mol. The van der Waals surface area contributed by atoms with Crippen molar-refractivity contribution >= 4 is 0 Å². The van der Waals surface area contributed by atoms with Crippen LogP contribution in [0.2, 0.25) is 0 Å². The number of allylic oxidation sites excluding steroid dienone is 2. The summed E-state index contributed by atoms with van der Waals surface area (Å²) in [7, 11) is 0. The molecule has 1 fully saturated rings. The molecule has 1 saturated carbocycles. The zero-order valence-corrected chi connectivity index (χ0v) is 11.2. The highest BCUT2D eigenvalue weighted by atomic mass is 14.4. The van der Waals surface area contributed by atoms with Crippen molar-refractivity contribution in [1.82, 2.24) is 0 Å². The lowest BCUT2D eigenvalue weighted by atomic mass is 9.74. The van der Waals surface area contributed by atoms with Gasteiger partial charge in [0, 0.05) is 0 Å². The van der Waals surface area contributed by atoms with Crippen LogP contribution in [-0.2, 0) is 0 Å². The van der Waals surface area contributed by atoms with E-state index < -0.39 is 0 Å². The van der Waals surface area contributed by atoms with Crippen molar-refractivity contribution in [3.8, 4) is 0 Å². The van der Waals surface area contributed by atoms with E-state index in [0.29, 0.717) is 5.41 Å². The molecule has 0 radical (unpaired) electrons. The fourth-order valence-corrected chi connectivity index (χ4v) is 3.68. The van der Waals surface area contributed by atoms with Crippen LogP contribution >= 0.6 is 0 Å². The molecule has 2 aliphatic carbocycles. The molecule has 0 amide bonds. The Hall–Kier alpha value is -0.260. The zero-order chi connectivity index (χ0) is 11.4. The smallest absolute Gasteiger partial charge is 0.0260 e. The molecule has 1 spiro atoms. The van der Waals surface area contributed by atoms with Gasteiger partial charge >= 0.3 is 0 Å². The SMILES string of the molecule is CC(C)C1=CCC2(CCCCCC2)CCC1. The maximum Gasteiger partial charge on any atom is -0.0260 e. The molecule has 0 saturated heterocycles. The highest BCUT2D eigenvalue weighted by Crippen LogP contribution is 2.45. The van der Waals surface area contributed by atoms with Gasteiger partial charge in [-0.2, -0.15) is 0 Å². The van der Waals surface area contributed by atoms with Crippen molar-refractivity contribution in [2.45, 2.75) is 78.1 Å². The summed E-state index contributed by atoms with van der Waals surface area (Å²) < 4.78 is 0. The highest BCUT2D eigenvalue weighted by molar-refractivity contribution is 5.09. The third-order valence-electron chi connectivity index (χ3n) is 4.88. The van der Waals surface area contributed by atoms with Crippen molar-refractivity contribution in [2.75, 3.05) is 0 Å². The summed E-state index contributed by atoms with van der Waals surface area (Å²) in [5, 5.41) is 0. The third-order valence-corrected chi connectivity index (χ3v) is 4.88. The highest BCUT2D eigenvalue weighted by Gasteiger charge is 2.31. The molecule has 0 nitrogen and oxygen atoms in total. The lowest BCUT2D eigenvalue weighted by Crippen LogP contribution is -2.18. The van der Waals surface area contributed by atoms with E-state index in [9.17, 15) is 0 Å². The maximum absolute atomic E-state index is 2.61. The molecular weight excluding hydrogens is 192 g/mol. The Bertz CT molecular complexity index is 239. The minimum absolute atomic E-state index is 0.715. The monoisotopic (exact) mass is 220 g/mol. The van der Waals surface area contributed by atoms with E-state index in [4.69, 9.17) is 0 Å². The molecule has 0 N–H and O–H groups in total. The number of hydrogen-bond donors (Lipinski definition) is 0. The maximum atomic E-state index is 2.61. The molecule has 2 aliphatic rings. The lowest BCUT2D eigenvalue weighted by molar-refractivity contribution is 0.224. The summed E-state index contributed by atoms with van der Waals surface area (Å²) in [6.45, 7) is 4.72. The van der Waals surface area contributed by atoms with Gasteiger partial charge in [0.05, 0.1) is 0 Å². The number of hydrogen-bond acceptors (Lipinski definition) is 0. The minimum atomic E-state index is 0.715. The summed E-state index contributed by atoms with van der Waals surface area (Å²) in [4.78, 5) is 0. The molecule has 0 heterocycles. The average Bonchev–Trinajstić information content (AvgIpc) is 2.60. The second kappa shape index (κ2) is 5.38. The lowest BCUT2D eigenvalue weighted by Gasteiger charge is -2.30. The summed E-state index contributed by atoms with van der Waals surface area (Å²) >= 11 is 0. The first kappa shape index (κ1) is 12.2. The van der Waals surface area contributed by atoms with E-state index >= 15 is 0 Å². The summed E-state index contributed by atoms with van der Waals surface area (Å²) in [6, 6.07) is 0. The first-order valence-corrected chi connectivity index (χ1v) is 7.41. The van der Waals surface area contributed by atoms with E-state index in [-0.39, 0.29) is 0 Å². The fourth-order valence-electron chi connectivity index (χ4n) is 3.68. The van der Waals surface area contributed by atoms with Crippen LogP contribution in [0.15, 0.2) is 11.6 Å². The Morgan fingerprint density at radius 2 is 1.56 bits per heavy atom. The largest absolute Gasteiger partial charge is 0.0845 e. The molecule has 0 unspecified atom stereocenters. The molecule has 0 aromatic carbocycles. The summed E-state index contributed by atoms with van der Waals surface area (Å²) in [5.41, 5.74) is 2.45. The van der Waals surface area contributed by atoms with Crippen molar-refractivity contribution < 1.29 is 0 Å². The van der Waals surface area contributed by atoms with E-state index in [1.165, 1.54) is 64.2 Å². The van der Waals surface area contributed by atoms with Crippen molar-refractivity contribution in [2.24, 2.45) is 11.3 Å². The molecule has 0 bridgehead atoms. The van der Waals surface area contributed by atoms with Crippen LogP contribution in [0.5, 0.6) is 0 Å². The topological polar surface area (TPSA) is 0 Å². The Morgan fingerprint density at radius 1 is 0.938 bits per heavy atom. The fraction of sp³-hybridized carbons (Fsp3) is 0.875. The number of rotatable bonds is 1. The Kier molecular flexibility index (Phi) is 4.10. The molecule has 0 heteroatoms. The summed E-state index contributed by atoms with van der Waals surface area (Å²) in [5.74, 6) is 0.779. The molecule has 16 heavy (non-hydrogen) atoms. The standard InChI is InChI=1S/C16H28/c1-14(2)15-8-7-12-16(13-9-15)10-5-3-4-6-11-16/h9,14H,3-8,10-13H2,1-2H3. The molecular formula is C16H28. The van der Waals surface area contributed by atoms with E-state index in [1.54, 1.807) is 5.57 Å². The van der Waals surface area contributed by atoms with Gasteiger partial charge in [-0.05, 0) is 49.9 Å². The molecule has 0 aliphatic heterocycles. The van der Waals surface area contributed by atoms with Crippen LogP contribution in [-0.4, -0.2) is 0 Å². The Morgan fingerprint density at radius 3 is 2.19 bits per heavy atom. The van der Waals surface area contributed by atoms with Gasteiger partial charge in [0.15, 0.2) is 0 Å².